The molecule has 2 heterocycles. The first-order valence-corrected chi connectivity index (χ1v) is 23.5. The van der Waals surface area contributed by atoms with Gasteiger partial charge in [-0.3, -0.25) is 13.9 Å². The first-order valence-electron chi connectivity index (χ1n) is 19.9. The lowest BCUT2D eigenvalue weighted by molar-refractivity contribution is -0.432. The molecule has 0 spiro atoms. The van der Waals surface area contributed by atoms with Gasteiger partial charge in [-0.05, 0) is 121 Å². The monoisotopic (exact) mass is 889 g/mol. The maximum atomic E-state index is 12.6. The summed E-state index contributed by atoms with van der Waals surface area (Å²) in [6, 6.07) is 15.2. The summed E-state index contributed by atoms with van der Waals surface area (Å²) < 4.78 is 76.2. The third kappa shape index (κ3) is 8.73. The van der Waals surface area contributed by atoms with E-state index in [0.29, 0.717) is 48.6 Å². The molecule has 3 aliphatic rings. The Labute approximate surface area is 359 Å². The predicted molar refractivity (Wildman–Crippen MR) is 236 cm³/mol. The van der Waals surface area contributed by atoms with Gasteiger partial charge >= 0.3 is 5.97 Å². The van der Waals surface area contributed by atoms with Crippen molar-refractivity contribution in [2.24, 2.45) is 0 Å². The summed E-state index contributed by atoms with van der Waals surface area (Å²) in [5, 5.41) is 24.3. The van der Waals surface area contributed by atoms with Crippen molar-refractivity contribution in [3.8, 4) is 0 Å². The zero-order chi connectivity index (χ0) is 44.1. The van der Waals surface area contributed by atoms with Gasteiger partial charge in [-0.25, -0.2) is 5.26 Å². The lowest BCUT2D eigenvalue weighted by Crippen LogP contribution is -2.27. The van der Waals surface area contributed by atoms with Crippen molar-refractivity contribution in [2.45, 2.75) is 98.2 Å². The van der Waals surface area contributed by atoms with Crippen molar-refractivity contribution in [1.82, 2.24) is 0 Å². The quantitative estimate of drug-likeness (QED) is 0.0234. The summed E-state index contributed by atoms with van der Waals surface area (Å²) in [5.74, 6) is -0.840. The molecule has 0 unspecified atom stereocenters. The van der Waals surface area contributed by atoms with Gasteiger partial charge in [0.2, 0.25) is 5.69 Å². The highest BCUT2D eigenvalue weighted by Crippen LogP contribution is 2.52. The van der Waals surface area contributed by atoms with Crippen LogP contribution in [0.4, 0.5) is 11.4 Å². The van der Waals surface area contributed by atoms with Crippen molar-refractivity contribution in [3.63, 3.8) is 0 Å². The van der Waals surface area contributed by atoms with Gasteiger partial charge in [-0.1, -0.05) is 55.7 Å². The van der Waals surface area contributed by atoms with Crippen LogP contribution in [0.3, 0.4) is 0 Å². The normalized spacial score (nSPS) is 18.8. The van der Waals surface area contributed by atoms with E-state index in [9.17, 15) is 35.8 Å². The Balaban J connectivity index is 1.25. The lowest BCUT2D eigenvalue weighted by Gasteiger charge is -2.27. The van der Waals surface area contributed by atoms with E-state index >= 15 is 0 Å². The molecule has 0 radical (unpaired) electrons. The molecule has 4 aromatic rings. The summed E-state index contributed by atoms with van der Waals surface area (Å²) in [4.78, 5) is 13.2. The molecule has 0 atom stereocenters. The molecule has 0 aromatic heterocycles. The molecular weight excluding hydrogens is 841 g/mol. The number of unbranched alkanes of at least 4 members (excludes halogenated alkanes) is 2. The van der Waals surface area contributed by atoms with Crippen LogP contribution in [-0.4, -0.2) is 66.2 Å². The first-order chi connectivity index (χ1) is 28.7. The molecule has 0 saturated heterocycles. The molecule has 0 fully saturated rings. The second-order valence-corrected chi connectivity index (χ2v) is 20.3. The Morgan fingerprint density at radius 2 is 1.61 bits per heavy atom. The number of fused-ring (bicyclic) bond motifs is 6. The van der Waals surface area contributed by atoms with Crippen LogP contribution in [0.5, 0.6) is 0 Å². The highest BCUT2D eigenvalue weighted by atomic mass is 32.2. The minimum atomic E-state index is -4.67. The van der Waals surface area contributed by atoms with E-state index in [2.05, 4.69) is 76.9 Å². The van der Waals surface area contributed by atoms with E-state index in [4.69, 9.17) is 5.26 Å². The number of anilines is 1. The van der Waals surface area contributed by atoms with Crippen LogP contribution in [0.1, 0.15) is 83.8 Å². The molecule has 16 heteroatoms. The Kier molecular flexibility index (Phi) is 12.3. The first kappa shape index (κ1) is 44.4. The topological polar surface area (TPSA) is 191 Å². The van der Waals surface area contributed by atoms with E-state index in [-0.39, 0.29) is 21.1 Å². The van der Waals surface area contributed by atoms with Crippen LogP contribution in [0.15, 0.2) is 117 Å². The summed E-state index contributed by atoms with van der Waals surface area (Å²) >= 11 is 0.596. The highest BCUT2D eigenvalue weighted by Gasteiger charge is 2.45. The van der Waals surface area contributed by atoms with Crippen LogP contribution in [0, 0.1) is 0 Å². The summed E-state index contributed by atoms with van der Waals surface area (Å²) in [5.41, 5.74) is 6.76. The minimum Gasteiger partial charge on any atom is -0.481 e. The number of carbonyl (C=O) groups is 1. The second kappa shape index (κ2) is 16.9. The smallest absolute Gasteiger partial charge is 0.303 e. The average molecular weight is 890 g/mol. The molecule has 0 amide bonds. The number of nitrogens with zero attached hydrogens (tertiary/aromatic N) is 2. The third-order valence-electron chi connectivity index (χ3n) is 12.1. The van der Waals surface area contributed by atoms with Gasteiger partial charge in [-0.15, -0.1) is 4.33 Å². The number of aliphatic carboxylic acids is 1. The number of hydrogen-bond acceptors (Lipinski definition) is 10. The fourth-order valence-electron chi connectivity index (χ4n) is 9.31. The molecule has 322 valence electrons. The molecule has 0 bridgehead atoms. The van der Waals surface area contributed by atoms with Crippen molar-refractivity contribution in [2.75, 3.05) is 18.5 Å². The molecular formula is C45H49N2O11S3+. The molecule has 61 heavy (non-hydrogen) atoms. The minimum absolute atomic E-state index is 0.0812. The Bertz CT molecular complexity index is 2850. The Morgan fingerprint density at radius 3 is 2.31 bits per heavy atom. The molecule has 4 aromatic carbocycles. The molecule has 4 N–H and O–H groups in total. The van der Waals surface area contributed by atoms with Crippen LogP contribution < -0.4 is 4.90 Å². The molecule has 7 rings (SSSR count). The average Bonchev–Trinajstić information content (AvgIpc) is 3.54. The van der Waals surface area contributed by atoms with Crippen LogP contribution >= 0.6 is 12.0 Å². The van der Waals surface area contributed by atoms with Gasteiger partial charge in [0.1, 0.15) is 11.9 Å². The number of rotatable bonds is 14. The van der Waals surface area contributed by atoms with Gasteiger partial charge in [0.05, 0.1) is 22.4 Å². The van der Waals surface area contributed by atoms with E-state index in [1.165, 1.54) is 12.1 Å². The van der Waals surface area contributed by atoms with Crippen LogP contribution in [0.2, 0.25) is 0 Å². The fraction of sp³-hybridized carbons (Fsp3) is 0.333. The summed E-state index contributed by atoms with van der Waals surface area (Å²) in [6.45, 7) is 8.94. The SMILES string of the molecule is C[N+]1=C(/C=C/C2=CC(=C/C=C3/N(CCCCCC(=O)O)c4ccc5c(S(=O)(=O)O)cc(SOOO)cc5c4C3(C)C)/CCC2)C(C)(C)c2c1ccc1ccc(S(=O)(=O)O)cc21. The van der Waals surface area contributed by atoms with Gasteiger partial charge in [0.15, 0.2) is 5.71 Å². The van der Waals surface area contributed by atoms with Gasteiger partial charge in [0, 0.05) is 57.8 Å². The molecule has 1 aliphatic carbocycles. The summed E-state index contributed by atoms with van der Waals surface area (Å²) in [7, 11) is -7.05. The predicted octanol–water partition coefficient (Wildman–Crippen LogP) is 9.84. The highest BCUT2D eigenvalue weighted by molar-refractivity contribution is 7.94. The van der Waals surface area contributed by atoms with Gasteiger partial charge in [-0.2, -0.15) is 21.4 Å². The summed E-state index contributed by atoms with van der Waals surface area (Å²) in [6.07, 6.45) is 15.4. The second-order valence-electron chi connectivity index (χ2n) is 16.7. The van der Waals surface area contributed by atoms with Crippen LogP contribution in [-0.2, 0) is 45.2 Å². The third-order valence-corrected chi connectivity index (χ3v) is 14.4. The Morgan fingerprint density at radius 1 is 0.852 bits per heavy atom. The molecule has 13 nitrogen and oxygen atoms in total. The number of hydrogen-bond donors (Lipinski definition) is 4. The lowest BCUT2D eigenvalue weighted by atomic mass is 9.78. The molecule has 2 aliphatic heterocycles. The zero-order valence-electron chi connectivity index (χ0n) is 34.5. The van der Waals surface area contributed by atoms with Gasteiger partial charge < -0.3 is 10.0 Å². The maximum Gasteiger partial charge on any atom is 0.303 e. The van der Waals surface area contributed by atoms with E-state index < -0.39 is 37.0 Å². The number of benzene rings is 4. The zero-order valence-corrected chi connectivity index (χ0v) is 37.0. The van der Waals surface area contributed by atoms with Crippen molar-refractivity contribution >= 4 is 76.9 Å². The Hall–Kier alpha value is -4.65. The maximum absolute atomic E-state index is 12.6. The standard InChI is InChI=1S/C45H48N2O11S3/c1-44(2)39(46(5)36-19-16-30-15-17-32(60(51,52)53)27-34(30)42(36)44)21-13-28-10-9-11-29(24-28)14-22-40-45(3,4)43-35-25-31(59-58-57-50)26-38(61(54,55)56)33(35)18-20-37(43)47(40)23-8-6-7-12-41(48)49/h13-22,24-27H,6-12,23H2,1-5H3,(H3-,48,49,50,51,52,53,54,55,56)/p+1. The van der Waals surface area contributed by atoms with E-state index in [1.54, 1.807) is 24.3 Å². The van der Waals surface area contributed by atoms with Crippen molar-refractivity contribution < 1.29 is 55.0 Å². The van der Waals surface area contributed by atoms with Gasteiger partial charge in [0.25, 0.3) is 20.2 Å². The van der Waals surface area contributed by atoms with E-state index in [1.807, 2.05) is 25.2 Å². The number of allylic oxidation sites excluding steroid dienone is 8. The fourth-order valence-corrected chi connectivity index (χ4v) is 11.1. The number of carboxylic acid groups (broad SMARTS) is 1. The van der Waals surface area contributed by atoms with Crippen LogP contribution in [0.25, 0.3) is 21.5 Å². The van der Waals surface area contributed by atoms with Crippen molar-refractivity contribution in [3.05, 3.63) is 113 Å². The molecule has 0 saturated carbocycles. The van der Waals surface area contributed by atoms with E-state index in [0.717, 1.165) is 75.1 Å². The number of carboxylic acids is 1. The van der Waals surface area contributed by atoms with Crippen molar-refractivity contribution in [1.29, 1.82) is 0 Å². The largest absolute Gasteiger partial charge is 0.481 e.